The van der Waals surface area contributed by atoms with Crippen molar-refractivity contribution in [3.63, 3.8) is 0 Å². The predicted molar refractivity (Wildman–Crippen MR) is 160 cm³/mol. The quantitative estimate of drug-likeness (QED) is 0.425. The third kappa shape index (κ3) is 4.22. The highest BCUT2D eigenvalue weighted by molar-refractivity contribution is 6.42. The number of hydrogen-bond donors (Lipinski definition) is 1. The first kappa shape index (κ1) is 27.8. The molecule has 3 fully saturated rings. The van der Waals surface area contributed by atoms with E-state index in [1.807, 2.05) is 17.0 Å². The Balaban J connectivity index is 1.29. The number of amides is 1. The third-order valence-corrected chi connectivity index (χ3v) is 11.3. The van der Waals surface area contributed by atoms with Crippen molar-refractivity contribution < 1.29 is 19.4 Å². The lowest BCUT2D eigenvalue weighted by Crippen LogP contribution is -2.78. The number of rotatable bonds is 8. The lowest BCUT2D eigenvalue weighted by molar-refractivity contribution is -0.202. The molecule has 2 aliphatic heterocycles. The predicted octanol–water partition coefficient (Wildman–Crippen LogP) is 5.66. The summed E-state index contributed by atoms with van der Waals surface area (Å²) in [6.45, 7) is 6.92. The number of benzene rings is 2. The summed E-state index contributed by atoms with van der Waals surface area (Å²) in [5, 5.41) is 13.8. The topological polar surface area (TPSA) is 62.2 Å². The van der Waals surface area contributed by atoms with E-state index in [1.54, 1.807) is 19.2 Å². The van der Waals surface area contributed by atoms with Crippen LogP contribution in [0.2, 0.25) is 10.0 Å². The number of likely N-dealkylation sites (tertiary alicyclic amines) is 1. The molecule has 0 unspecified atom stereocenters. The molecule has 2 bridgehead atoms. The Morgan fingerprint density at radius 2 is 1.98 bits per heavy atom. The zero-order valence-electron chi connectivity index (χ0n) is 24.2. The fourth-order valence-electron chi connectivity index (χ4n) is 8.67. The number of aliphatic hydroxyl groups is 1. The number of carbonyl (C=O) groups is 1. The Bertz CT molecular complexity index is 1380. The molecule has 220 valence electrons. The number of carbonyl (C=O) groups excluding carboxylic acids is 1. The van der Waals surface area contributed by atoms with Crippen LogP contribution in [0.15, 0.2) is 30.3 Å². The molecule has 1 N–H and O–H groups in total. The van der Waals surface area contributed by atoms with Crippen molar-refractivity contribution in [1.82, 2.24) is 9.80 Å². The van der Waals surface area contributed by atoms with Crippen molar-refractivity contribution >= 4 is 29.1 Å². The van der Waals surface area contributed by atoms with Crippen LogP contribution in [-0.2, 0) is 23.1 Å². The van der Waals surface area contributed by atoms with E-state index in [4.69, 9.17) is 32.7 Å². The highest BCUT2D eigenvalue weighted by atomic mass is 35.5. The summed E-state index contributed by atoms with van der Waals surface area (Å²) in [7, 11) is 1.68. The molecule has 1 spiro atoms. The highest BCUT2D eigenvalue weighted by Crippen LogP contribution is 2.66. The van der Waals surface area contributed by atoms with Crippen LogP contribution in [0.3, 0.4) is 0 Å². The molecule has 6 nitrogen and oxygen atoms in total. The summed E-state index contributed by atoms with van der Waals surface area (Å²) in [4.78, 5) is 18.7. The fourth-order valence-corrected chi connectivity index (χ4v) is 8.99. The van der Waals surface area contributed by atoms with Crippen LogP contribution in [0.4, 0.5) is 0 Å². The number of nitrogens with zero attached hydrogens (tertiary/aromatic N) is 2. The van der Waals surface area contributed by atoms with Crippen LogP contribution in [0.5, 0.6) is 11.5 Å². The number of methoxy groups -OCH3 is 1. The summed E-state index contributed by atoms with van der Waals surface area (Å²) in [6, 6.07) is 9.51. The molecule has 0 radical (unpaired) electrons. The molecule has 5 aliphatic rings. The van der Waals surface area contributed by atoms with Crippen LogP contribution >= 0.6 is 23.2 Å². The fraction of sp³-hybridized carbons (Fsp3) is 0.606. The van der Waals surface area contributed by atoms with E-state index in [-0.39, 0.29) is 36.4 Å². The van der Waals surface area contributed by atoms with Gasteiger partial charge in [0, 0.05) is 24.7 Å². The maximum absolute atomic E-state index is 14.1. The molecule has 2 aromatic rings. The van der Waals surface area contributed by atoms with Gasteiger partial charge >= 0.3 is 0 Å². The van der Waals surface area contributed by atoms with Gasteiger partial charge in [-0.3, -0.25) is 9.69 Å². The van der Waals surface area contributed by atoms with Gasteiger partial charge in [0.2, 0.25) is 5.91 Å². The van der Waals surface area contributed by atoms with E-state index in [2.05, 4.69) is 24.8 Å². The van der Waals surface area contributed by atoms with Gasteiger partial charge in [-0.25, -0.2) is 0 Å². The smallest absolute Gasteiger partial charge is 0.227 e. The van der Waals surface area contributed by atoms with Gasteiger partial charge in [-0.05, 0) is 86.2 Å². The second-order valence-electron chi connectivity index (χ2n) is 13.4. The minimum atomic E-state index is -0.915. The summed E-state index contributed by atoms with van der Waals surface area (Å²) in [6.07, 6.45) is 5.47. The molecule has 1 saturated heterocycles. The minimum Gasteiger partial charge on any atom is -0.493 e. The first-order chi connectivity index (χ1) is 19.7. The van der Waals surface area contributed by atoms with Gasteiger partial charge in [0.25, 0.3) is 0 Å². The summed E-state index contributed by atoms with van der Waals surface area (Å²) >= 11 is 12.5. The Kier molecular flexibility index (Phi) is 6.81. The first-order valence-electron chi connectivity index (χ1n) is 15.2. The number of halogens is 2. The number of hydrogen-bond acceptors (Lipinski definition) is 5. The SMILES string of the molecule is COc1ccc2c3c1O[C@H]1[C@H](N(CC(C)C)C(=O)Cc4ccc(Cl)c(Cl)c4)CC[C@@]4(O)[C@@H](C2)N(CC2CC2)CC[C@]314. The molecule has 1 amide bonds. The van der Waals surface area contributed by atoms with Crippen molar-refractivity contribution in [2.75, 3.05) is 26.7 Å². The van der Waals surface area contributed by atoms with Gasteiger partial charge < -0.3 is 19.5 Å². The van der Waals surface area contributed by atoms with Crippen LogP contribution in [0.1, 0.15) is 62.6 Å². The molecule has 2 aromatic carbocycles. The van der Waals surface area contributed by atoms with Crippen molar-refractivity contribution in [3.8, 4) is 11.5 Å². The van der Waals surface area contributed by atoms with Crippen LogP contribution in [-0.4, -0.2) is 71.3 Å². The van der Waals surface area contributed by atoms with E-state index in [1.165, 1.54) is 18.4 Å². The molecule has 41 heavy (non-hydrogen) atoms. The lowest BCUT2D eigenvalue weighted by atomic mass is 9.48. The third-order valence-electron chi connectivity index (χ3n) is 10.6. The summed E-state index contributed by atoms with van der Waals surface area (Å²) in [5.74, 6) is 2.57. The van der Waals surface area contributed by atoms with Crippen molar-refractivity contribution in [2.45, 2.75) is 88.0 Å². The summed E-state index contributed by atoms with van der Waals surface area (Å²) < 4.78 is 12.8. The van der Waals surface area contributed by atoms with E-state index in [0.717, 1.165) is 48.7 Å². The maximum atomic E-state index is 14.1. The Hall–Kier alpha value is -1.99. The Morgan fingerprint density at radius 3 is 2.68 bits per heavy atom. The zero-order chi connectivity index (χ0) is 28.7. The molecular formula is C33H40Cl2N2O4. The van der Waals surface area contributed by atoms with Crippen molar-refractivity contribution in [1.29, 1.82) is 0 Å². The Morgan fingerprint density at radius 1 is 1.17 bits per heavy atom. The van der Waals surface area contributed by atoms with Crippen LogP contribution in [0, 0.1) is 11.8 Å². The van der Waals surface area contributed by atoms with E-state index in [0.29, 0.717) is 35.2 Å². The highest BCUT2D eigenvalue weighted by Gasteiger charge is 2.73. The maximum Gasteiger partial charge on any atom is 0.227 e. The minimum absolute atomic E-state index is 0.0502. The van der Waals surface area contributed by atoms with Gasteiger partial charge in [0.1, 0.15) is 6.10 Å². The van der Waals surface area contributed by atoms with E-state index in [9.17, 15) is 9.90 Å². The summed E-state index contributed by atoms with van der Waals surface area (Å²) in [5.41, 5.74) is 1.75. The van der Waals surface area contributed by atoms with Gasteiger partial charge in [0.15, 0.2) is 11.5 Å². The van der Waals surface area contributed by atoms with Crippen molar-refractivity contribution in [3.05, 3.63) is 57.1 Å². The van der Waals surface area contributed by atoms with Gasteiger partial charge in [-0.2, -0.15) is 0 Å². The number of piperidine rings is 1. The standard InChI is InChI=1S/C33H40Cl2N2O4/c1-19(2)17-37(28(38)15-21-6-8-23(34)24(35)14-21)25-10-11-33(39)27-16-22-7-9-26(40-3)30-29(22)32(33,31(25)41-30)12-13-36(27)18-20-4-5-20/h6-9,14,19-20,25,27,31,39H,4-5,10-13,15-18H2,1-3H3/t25-,27-,31+,32+,33-/m1/s1. The monoisotopic (exact) mass is 598 g/mol. The molecule has 2 heterocycles. The largest absolute Gasteiger partial charge is 0.493 e. The van der Waals surface area contributed by atoms with Gasteiger partial charge in [-0.15, -0.1) is 0 Å². The molecule has 8 heteroatoms. The van der Waals surface area contributed by atoms with E-state index < -0.39 is 11.0 Å². The van der Waals surface area contributed by atoms with Crippen molar-refractivity contribution in [2.24, 2.45) is 11.8 Å². The number of ether oxygens (including phenoxy) is 2. The molecule has 7 rings (SSSR count). The van der Waals surface area contributed by atoms with Gasteiger partial charge in [0.05, 0.1) is 40.6 Å². The molecule has 0 aromatic heterocycles. The van der Waals surface area contributed by atoms with Gasteiger partial charge in [-0.1, -0.05) is 49.2 Å². The zero-order valence-corrected chi connectivity index (χ0v) is 25.7. The first-order valence-corrected chi connectivity index (χ1v) is 16.0. The van der Waals surface area contributed by atoms with Crippen LogP contribution < -0.4 is 9.47 Å². The molecule has 2 saturated carbocycles. The van der Waals surface area contributed by atoms with E-state index >= 15 is 0 Å². The molecule has 3 aliphatic carbocycles. The Labute approximate surface area is 252 Å². The second kappa shape index (κ2) is 10.0. The average molecular weight is 600 g/mol. The lowest BCUT2D eigenvalue weighted by Gasteiger charge is -2.65. The average Bonchev–Trinajstić information content (AvgIpc) is 3.68. The normalized spacial score (nSPS) is 31.5. The van der Waals surface area contributed by atoms with Crippen LogP contribution in [0.25, 0.3) is 0 Å². The molecular weight excluding hydrogens is 559 g/mol. The molecule has 5 atom stereocenters. The second-order valence-corrected chi connectivity index (χ2v) is 14.3.